The zero-order chi connectivity index (χ0) is 16.9. The van der Waals surface area contributed by atoms with Gasteiger partial charge in [0, 0.05) is 29.3 Å². The Balaban J connectivity index is 1.68. The zero-order valence-corrected chi connectivity index (χ0v) is 12.4. The van der Waals surface area contributed by atoms with Crippen LogP contribution in [-0.4, -0.2) is 22.0 Å². The van der Waals surface area contributed by atoms with Crippen molar-refractivity contribution in [2.24, 2.45) is 5.10 Å². The molecule has 0 aliphatic heterocycles. The Labute approximate surface area is 136 Å². The molecule has 0 aliphatic carbocycles. The number of carbonyl (C=O) groups is 1. The Morgan fingerprint density at radius 3 is 2.71 bits per heavy atom. The van der Waals surface area contributed by atoms with Gasteiger partial charge in [-0.05, 0) is 29.8 Å². The van der Waals surface area contributed by atoms with Crippen LogP contribution in [0.2, 0.25) is 0 Å². The highest BCUT2D eigenvalue weighted by Gasteiger charge is 2.08. The lowest BCUT2D eigenvalue weighted by atomic mass is 10.1. The van der Waals surface area contributed by atoms with Crippen molar-refractivity contribution in [2.75, 3.05) is 0 Å². The van der Waals surface area contributed by atoms with Gasteiger partial charge in [-0.3, -0.25) is 19.9 Å². The zero-order valence-electron chi connectivity index (χ0n) is 12.4. The van der Waals surface area contributed by atoms with Gasteiger partial charge in [-0.25, -0.2) is 5.43 Å². The van der Waals surface area contributed by atoms with Gasteiger partial charge in [-0.2, -0.15) is 5.10 Å². The minimum Gasteiger partial charge on any atom is -0.267 e. The summed E-state index contributed by atoms with van der Waals surface area (Å²) in [7, 11) is 0. The summed E-state index contributed by atoms with van der Waals surface area (Å²) < 4.78 is 0. The number of rotatable bonds is 4. The number of fused-ring (bicyclic) bond motifs is 1. The summed E-state index contributed by atoms with van der Waals surface area (Å²) in [5.74, 6) is -0.444. The summed E-state index contributed by atoms with van der Waals surface area (Å²) >= 11 is 0. The fraction of sp³-hybridized carbons (Fsp3) is 0. The average Bonchev–Trinajstić information content (AvgIpc) is 2.61. The largest absolute Gasteiger partial charge is 0.271 e. The Bertz CT molecular complexity index is 936. The summed E-state index contributed by atoms with van der Waals surface area (Å²) in [4.78, 5) is 26.2. The number of nitro groups is 1. The summed E-state index contributed by atoms with van der Waals surface area (Å²) in [6.07, 6.45) is 3.22. The molecule has 1 amide bonds. The van der Waals surface area contributed by atoms with Crippen molar-refractivity contribution in [1.82, 2.24) is 10.4 Å². The van der Waals surface area contributed by atoms with Gasteiger partial charge in [0.05, 0.1) is 16.7 Å². The number of nitrogens with zero attached hydrogens (tertiary/aromatic N) is 3. The Morgan fingerprint density at radius 1 is 1.17 bits per heavy atom. The molecule has 0 atom stereocenters. The van der Waals surface area contributed by atoms with Gasteiger partial charge < -0.3 is 0 Å². The lowest BCUT2D eigenvalue weighted by Crippen LogP contribution is -2.17. The van der Waals surface area contributed by atoms with E-state index in [4.69, 9.17) is 0 Å². The van der Waals surface area contributed by atoms with Crippen LogP contribution in [0.25, 0.3) is 10.9 Å². The van der Waals surface area contributed by atoms with E-state index in [2.05, 4.69) is 15.5 Å². The number of amides is 1. The van der Waals surface area contributed by atoms with Crippen molar-refractivity contribution in [3.05, 3.63) is 82.0 Å². The number of benzene rings is 2. The van der Waals surface area contributed by atoms with Crippen LogP contribution in [-0.2, 0) is 0 Å². The molecule has 0 aliphatic rings. The highest BCUT2D eigenvalue weighted by atomic mass is 16.6. The topological polar surface area (TPSA) is 97.5 Å². The maximum atomic E-state index is 11.9. The van der Waals surface area contributed by atoms with Crippen LogP contribution in [0.1, 0.15) is 15.9 Å². The molecule has 3 rings (SSSR count). The normalized spacial score (nSPS) is 10.8. The van der Waals surface area contributed by atoms with Crippen LogP contribution in [0.15, 0.2) is 65.9 Å². The average molecular weight is 320 g/mol. The van der Waals surface area contributed by atoms with Crippen LogP contribution in [0, 0.1) is 10.1 Å². The van der Waals surface area contributed by atoms with E-state index in [0.29, 0.717) is 0 Å². The number of carbonyl (C=O) groups excluding carboxylic acids is 1. The number of nitro benzene ring substituents is 1. The smallest absolute Gasteiger partial charge is 0.267 e. The first-order valence-corrected chi connectivity index (χ1v) is 7.06. The Kier molecular flexibility index (Phi) is 4.24. The molecule has 0 saturated carbocycles. The highest BCUT2D eigenvalue weighted by molar-refractivity contribution is 5.95. The van der Waals surface area contributed by atoms with Gasteiger partial charge in [0.1, 0.15) is 0 Å². The minimum atomic E-state index is -0.520. The third-order valence-corrected chi connectivity index (χ3v) is 3.35. The monoisotopic (exact) mass is 320 g/mol. The lowest BCUT2D eigenvalue weighted by Gasteiger charge is -2.00. The van der Waals surface area contributed by atoms with E-state index in [1.807, 2.05) is 30.3 Å². The molecule has 7 nitrogen and oxygen atoms in total. The van der Waals surface area contributed by atoms with E-state index < -0.39 is 10.8 Å². The van der Waals surface area contributed by atoms with E-state index >= 15 is 0 Å². The maximum Gasteiger partial charge on any atom is 0.271 e. The number of hydrazone groups is 1. The number of nitrogens with one attached hydrogen (secondary N) is 1. The van der Waals surface area contributed by atoms with Crippen LogP contribution in [0.3, 0.4) is 0 Å². The molecule has 0 radical (unpaired) electrons. The standard InChI is InChI=1S/C17H12N4O3/c22-17(14-5-7-15(8-6-14)21(23)24)20-19-11-12-3-4-13-2-1-9-18-16(13)10-12/h1-11H,(H,20,22). The van der Waals surface area contributed by atoms with Crippen LogP contribution in [0.5, 0.6) is 0 Å². The second-order valence-electron chi connectivity index (χ2n) is 4.96. The molecule has 24 heavy (non-hydrogen) atoms. The summed E-state index contributed by atoms with van der Waals surface area (Å²) in [6.45, 7) is 0. The molecule has 3 aromatic rings. The molecule has 7 heteroatoms. The predicted molar refractivity (Wildman–Crippen MR) is 89.9 cm³/mol. The Hall–Kier alpha value is -3.61. The van der Waals surface area contributed by atoms with Gasteiger partial charge >= 0.3 is 0 Å². The third kappa shape index (κ3) is 3.41. The first kappa shape index (κ1) is 15.3. The molecule has 1 aromatic heterocycles. The molecule has 0 spiro atoms. The van der Waals surface area contributed by atoms with Crippen molar-refractivity contribution in [3.8, 4) is 0 Å². The van der Waals surface area contributed by atoms with Crippen molar-refractivity contribution in [1.29, 1.82) is 0 Å². The van der Waals surface area contributed by atoms with Crippen LogP contribution >= 0.6 is 0 Å². The van der Waals surface area contributed by atoms with E-state index in [9.17, 15) is 14.9 Å². The first-order valence-electron chi connectivity index (χ1n) is 7.06. The molecule has 0 fully saturated rings. The number of hydrogen-bond acceptors (Lipinski definition) is 5. The quantitative estimate of drug-likeness (QED) is 0.454. The first-order chi connectivity index (χ1) is 11.6. The fourth-order valence-electron chi connectivity index (χ4n) is 2.13. The SMILES string of the molecule is O=C(NN=Cc1ccc2cccnc2c1)c1ccc([N+](=O)[O-])cc1. The fourth-order valence-corrected chi connectivity index (χ4v) is 2.13. The van der Waals surface area contributed by atoms with Crippen molar-refractivity contribution in [3.63, 3.8) is 0 Å². The van der Waals surface area contributed by atoms with E-state index in [1.54, 1.807) is 6.20 Å². The van der Waals surface area contributed by atoms with Crippen molar-refractivity contribution in [2.45, 2.75) is 0 Å². The number of non-ortho nitro benzene ring substituents is 1. The molecule has 0 bridgehead atoms. The third-order valence-electron chi connectivity index (χ3n) is 3.35. The van der Waals surface area contributed by atoms with Crippen LogP contribution in [0.4, 0.5) is 5.69 Å². The van der Waals surface area contributed by atoms with Gasteiger partial charge in [0.2, 0.25) is 0 Å². The molecule has 0 saturated heterocycles. The lowest BCUT2D eigenvalue weighted by molar-refractivity contribution is -0.384. The molecule has 1 heterocycles. The van der Waals surface area contributed by atoms with E-state index in [-0.39, 0.29) is 11.3 Å². The molecule has 0 unspecified atom stereocenters. The van der Waals surface area contributed by atoms with E-state index in [1.165, 1.54) is 30.5 Å². The highest BCUT2D eigenvalue weighted by Crippen LogP contribution is 2.13. The summed E-state index contributed by atoms with van der Waals surface area (Å²) in [5.41, 5.74) is 4.24. The second-order valence-corrected chi connectivity index (χ2v) is 4.96. The Morgan fingerprint density at radius 2 is 1.96 bits per heavy atom. The van der Waals surface area contributed by atoms with Gasteiger partial charge in [-0.15, -0.1) is 0 Å². The van der Waals surface area contributed by atoms with Gasteiger partial charge in [0.15, 0.2) is 0 Å². The number of pyridine rings is 1. The molecular formula is C17H12N4O3. The predicted octanol–water partition coefficient (Wildman–Crippen LogP) is 2.91. The molecule has 1 N–H and O–H groups in total. The summed E-state index contributed by atoms with van der Waals surface area (Å²) in [6, 6.07) is 14.8. The number of aromatic nitrogens is 1. The van der Waals surface area contributed by atoms with Crippen LogP contribution < -0.4 is 5.43 Å². The molecule has 2 aromatic carbocycles. The number of hydrogen-bond donors (Lipinski definition) is 1. The second kappa shape index (κ2) is 6.66. The minimum absolute atomic E-state index is 0.0706. The van der Waals surface area contributed by atoms with Crippen molar-refractivity contribution >= 4 is 28.7 Å². The summed E-state index contributed by atoms with van der Waals surface area (Å²) in [5, 5.41) is 15.5. The van der Waals surface area contributed by atoms with Gasteiger partial charge in [-0.1, -0.05) is 18.2 Å². The van der Waals surface area contributed by atoms with E-state index in [0.717, 1.165) is 16.5 Å². The molecule has 118 valence electrons. The molecular weight excluding hydrogens is 308 g/mol. The van der Waals surface area contributed by atoms with Crippen molar-refractivity contribution < 1.29 is 9.72 Å². The van der Waals surface area contributed by atoms with Gasteiger partial charge in [0.25, 0.3) is 11.6 Å². The maximum absolute atomic E-state index is 11.9.